The molecule has 0 heterocycles. The minimum absolute atomic E-state index is 0.00181. The van der Waals surface area contributed by atoms with E-state index >= 15 is 0 Å². The lowest BCUT2D eigenvalue weighted by Gasteiger charge is -2.63. The van der Waals surface area contributed by atoms with Gasteiger partial charge in [-0.2, -0.15) is 0 Å². The summed E-state index contributed by atoms with van der Waals surface area (Å²) in [7, 11) is 0. The van der Waals surface area contributed by atoms with Crippen molar-refractivity contribution >= 4 is 22.7 Å². The van der Waals surface area contributed by atoms with Crippen molar-refractivity contribution in [2.75, 3.05) is 0 Å². The van der Waals surface area contributed by atoms with Crippen molar-refractivity contribution in [1.82, 2.24) is 0 Å². The number of ether oxygens (including phenoxy) is 2. The average molecular weight is 857 g/mol. The van der Waals surface area contributed by atoms with Gasteiger partial charge < -0.3 is 9.47 Å². The Bertz CT molecular complexity index is 2440. The number of carbonyl (C=O) groups excluding carboxylic acids is 2. The van der Waals surface area contributed by atoms with Crippen molar-refractivity contribution in [2.45, 2.75) is 137 Å². The van der Waals surface area contributed by atoms with E-state index in [2.05, 4.69) is 96.3 Å². The molecular formula is C60H72O4. The molecule has 0 aromatic heterocycles. The summed E-state index contributed by atoms with van der Waals surface area (Å²) in [6, 6.07) is 29.2. The van der Waals surface area contributed by atoms with Crippen LogP contribution in [0.1, 0.15) is 175 Å². The molecule has 4 saturated carbocycles. The number of rotatable bonds is 13. The van der Waals surface area contributed by atoms with E-state index < -0.39 is 0 Å². The zero-order chi connectivity index (χ0) is 45.1. The predicted octanol–water partition coefficient (Wildman–Crippen LogP) is 16.5. The fourth-order valence-corrected chi connectivity index (χ4v) is 14.7. The summed E-state index contributed by atoms with van der Waals surface area (Å²) >= 11 is 0. The normalized spacial score (nSPS) is 30.0. The Kier molecular flexibility index (Phi) is 12.0. The predicted molar refractivity (Wildman–Crippen MR) is 262 cm³/mol. The largest absolute Gasteiger partial charge is 0.457 e. The number of allylic oxidation sites excluding steroid dienone is 2. The third kappa shape index (κ3) is 7.93. The molecule has 4 aromatic rings. The smallest absolute Gasteiger partial charge is 0.167 e. The molecule has 0 spiro atoms. The van der Waals surface area contributed by atoms with Crippen molar-refractivity contribution in [3.05, 3.63) is 131 Å². The Morgan fingerprint density at radius 1 is 0.688 bits per heavy atom. The van der Waals surface area contributed by atoms with Crippen LogP contribution in [0, 0.1) is 52.3 Å². The molecule has 336 valence electrons. The zero-order valence-corrected chi connectivity index (χ0v) is 39.9. The summed E-state index contributed by atoms with van der Waals surface area (Å²) in [6.07, 6.45) is 16.4. The highest BCUT2D eigenvalue weighted by Gasteiger charge is 2.62. The molecule has 0 saturated heterocycles. The number of carbonyl (C=O) groups is 2. The number of hydrogen-bond donors (Lipinski definition) is 0. The molecule has 5 aliphatic carbocycles. The van der Waals surface area contributed by atoms with E-state index in [0.29, 0.717) is 34.5 Å². The van der Waals surface area contributed by atoms with Gasteiger partial charge in [0.1, 0.15) is 23.0 Å². The average Bonchev–Trinajstić information content (AvgIpc) is 3.77. The maximum atomic E-state index is 12.6. The van der Waals surface area contributed by atoms with E-state index in [1.54, 1.807) is 6.92 Å². The van der Waals surface area contributed by atoms with Crippen molar-refractivity contribution in [1.29, 1.82) is 0 Å². The minimum Gasteiger partial charge on any atom is -0.457 e. The van der Waals surface area contributed by atoms with E-state index in [1.807, 2.05) is 43.3 Å². The van der Waals surface area contributed by atoms with Crippen LogP contribution in [0.5, 0.6) is 23.0 Å². The van der Waals surface area contributed by atoms with E-state index in [4.69, 9.17) is 9.47 Å². The van der Waals surface area contributed by atoms with Crippen molar-refractivity contribution < 1.29 is 19.1 Å². The summed E-state index contributed by atoms with van der Waals surface area (Å²) in [5, 5.41) is 0. The number of benzene rings is 4. The second-order valence-corrected chi connectivity index (χ2v) is 22.2. The second kappa shape index (κ2) is 17.3. The maximum Gasteiger partial charge on any atom is 0.167 e. The first-order chi connectivity index (χ1) is 30.6. The highest BCUT2D eigenvalue weighted by molar-refractivity contribution is 6.11. The quantitative estimate of drug-likeness (QED) is 0.126. The van der Waals surface area contributed by atoms with Crippen LogP contribution < -0.4 is 9.47 Å². The zero-order valence-electron chi connectivity index (χ0n) is 39.9. The van der Waals surface area contributed by atoms with Crippen LogP contribution in [0.3, 0.4) is 0 Å². The number of Topliss-reactive ketones (excluding diaryl/α,β-unsaturated/α-hetero) is 2. The van der Waals surface area contributed by atoms with Gasteiger partial charge in [0, 0.05) is 23.0 Å². The Hall–Kier alpha value is -4.70. The first-order valence-electron chi connectivity index (χ1n) is 24.8. The van der Waals surface area contributed by atoms with Gasteiger partial charge in [0.25, 0.3) is 0 Å². The highest BCUT2D eigenvalue weighted by Crippen LogP contribution is 2.70. The van der Waals surface area contributed by atoms with Crippen LogP contribution in [-0.2, 0) is 5.41 Å². The molecule has 9 atom stereocenters. The lowest BCUT2D eigenvalue weighted by Crippen LogP contribution is -2.55. The molecular weight excluding hydrogens is 785 g/mol. The Morgan fingerprint density at radius 2 is 1.31 bits per heavy atom. The molecule has 4 heteroatoms. The molecule has 0 amide bonds. The van der Waals surface area contributed by atoms with Gasteiger partial charge in [0.15, 0.2) is 11.6 Å². The van der Waals surface area contributed by atoms with Crippen LogP contribution >= 0.6 is 0 Å². The third-order valence-electron chi connectivity index (χ3n) is 18.1. The van der Waals surface area contributed by atoms with Crippen molar-refractivity contribution in [2.24, 2.45) is 52.3 Å². The van der Waals surface area contributed by atoms with E-state index in [-0.39, 0.29) is 17.0 Å². The monoisotopic (exact) mass is 857 g/mol. The van der Waals surface area contributed by atoms with Crippen molar-refractivity contribution in [3.63, 3.8) is 0 Å². The molecule has 64 heavy (non-hydrogen) atoms. The molecule has 4 aromatic carbocycles. The Morgan fingerprint density at radius 3 is 1.95 bits per heavy atom. The first-order valence-corrected chi connectivity index (χ1v) is 24.8. The summed E-state index contributed by atoms with van der Waals surface area (Å²) < 4.78 is 12.9. The Labute approximate surface area is 384 Å². The lowest BCUT2D eigenvalue weighted by atomic mass is 9.42. The molecule has 4 nitrogen and oxygen atoms in total. The van der Waals surface area contributed by atoms with Crippen molar-refractivity contribution in [3.8, 4) is 23.0 Å². The second-order valence-electron chi connectivity index (χ2n) is 22.2. The molecule has 9 rings (SSSR count). The topological polar surface area (TPSA) is 52.6 Å². The lowest BCUT2D eigenvalue weighted by molar-refractivity contribution is -0.122. The summed E-state index contributed by atoms with van der Waals surface area (Å²) in [6.45, 7) is 24.5. The van der Waals surface area contributed by atoms with Gasteiger partial charge in [-0.3, -0.25) is 9.59 Å². The van der Waals surface area contributed by atoms with Crippen LogP contribution in [0.2, 0.25) is 0 Å². The summed E-state index contributed by atoms with van der Waals surface area (Å²) in [5.74, 6) is 8.75. The number of fused-ring (bicyclic) bond motifs is 6. The Balaban J connectivity index is 0.987. The summed E-state index contributed by atoms with van der Waals surface area (Å²) in [4.78, 5) is 25.0. The molecule has 0 bridgehead atoms. The molecule has 0 N–H and O–H groups in total. The standard InChI is InChI=1S/C60H72O4/c1-37(2)11-10-12-39(5)54-27-28-55-51-24-17-44-36-60(32-31-58(44,8)56(51)29-30-59(54,55)9,42-13-18-45(19-14-42)63-47-23-26-50-52(34-47)40(6)33-57(50)62)43-15-20-46(21-16-43)64-48-22-25-49(38(3)4)53(35-48)41(7)61/h13-16,18-23,25-26,34-35,37,39,44,51,54-56H,3,6,10-12,17,24,27-33,36H2,1-2,4-5,7-9H3. The number of ketones is 2. The summed E-state index contributed by atoms with van der Waals surface area (Å²) in [5.41, 5.74) is 8.21. The first kappa shape index (κ1) is 44.5. The van der Waals surface area contributed by atoms with E-state index in [9.17, 15) is 9.59 Å². The fourth-order valence-electron chi connectivity index (χ4n) is 14.7. The fraction of sp³-hybridized carbons (Fsp3) is 0.500. The van der Waals surface area contributed by atoms with Gasteiger partial charge in [0.05, 0.1) is 0 Å². The van der Waals surface area contributed by atoms with Gasteiger partial charge in [-0.1, -0.05) is 103 Å². The van der Waals surface area contributed by atoms with Crippen LogP contribution in [0.4, 0.5) is 0 Å². The van der Waals surface area contributed by atoms with Gasteiger partial charge in [0.2, 0.25) is 0 Å². The molecule has 9 unspecified atom stereocenters. The SMILES string of the molecule is C=C(C)c1ccc(Oc2ccc(C3(c4ccc(Oc5ccc6c(c5)C(=C)CC6=O)cc4)CCC4(C)C(CCC5C4CCC4(C)C(C(C)CCCC(C)C)CCC54)C3)cc2)cc1C(C)=O. The van der Waals surface area contributed by atoms with Gasteiger partial charge in [-0.25, -0.2) is 0 Å². The van der Waals surface area contributed by atoms with Crippen LogP contribution in [-0.4, -0.2) is 11.6 Å². The van der Waals surface area contributed by atoms with E-state index in [1.165, 1.54) is 75.3 Å². The van der Waals surface area contributed by atoms with E-state index in [0.717, 1.165) is 93.4 Å². The molecule has 5 aliphatic rings. The third-order valence-corrected chi connectivity index (χ3v) is 18.1. The van der Waals surface area contributed by atoms with Gasteiger partial charge in [-0.15, -0.1) is 0 Å². The minimum atomic E-state index is -0.155. The highest BCUT2D eigenvalue weighted by atomic mass is 16.5. The molecule has 0 radical (unpaired) electrons. The van der Waals surface area contributed by atoms with Gasteiger partial charge >= 0.3 is 0 Å². The molecule has 0 aliphatic heterocycles. The van der Waals surface area contributed by atoms with Gasteiger partial charge in [-0.05, 0) is 206 Å². The van der Waals surface area contributed by atoms with Crippen LogP contribution in [0.25, 0.3) is 11.1 Å². The van der Waals surface area contributed by atoms with Crippen LogP contribution in [0.15, 0.2) is 98.1 Å². The number of hydrogen-bond acceptors (Lipinski definition) is 4. The maximum absolute atomic E-state index is 12.6. The molecule has 4 fully saturated rings.